The summed E-state index contributed by atoms with van der Waals surface area (Å²) >= 11 is 1.42. The molecule has 33 heavy (non-hydrogen) atoms. The third-order valence-corrected chi connectivity index (χ3v) is 6.33. The maximum atomic E-state index is 13.1. The third-order valence-electron chi connectivity index (χ3n) is 5.44. The topological polar surface area (TPSA) is 93.1 Å². The van der Waals surface area contributed by atoms with Crippen molar-refractivity contribution in [3.05, 3.63) is 87.3 Å². The van der Waals surface area contributed by atoms with Crippen molar-refractivity contribution in [1.82, 2.24) is 20.4 Å². The average molecular weight is 461 g/mol. The Balaban J connectivity index is 1.41. The van der Waals surface area contributed by atoms with E-state index in [2.05, 4.69) is 15.8 Å². The fourth-order valence-corrected chi connectivity index (χ4v) is 4.35. The van der Waals surface area contributed by atoms with Crippen molar-refractivity contribution in [3.63, 3.8) is 0 Å². The Bertz CT molecular complexity index is 1360. The summed E-state index contributed by atoms with van der Waals surface area (Å²) in [5.74, 6) is -0.795. The summed E-state index contributed by atoms with van der Waals surface area (Å²) in [6.07, 6.45) is 2.37. The van der Waals surface area contributed by atoms with Gasteiger partial charge in [0.25, 0.3) is 11.5 Å². The van der Waals surface area contributed by atoms with Gasteiger partial charge in [-0.2, -0.15) is 0 Å². The Morgan fingerprint density at radius 2 is 1.76 bits per heavy atom. The fourth-order valence-electron chi connectivity index (χ4n) is 3.45. The van der Waals surface area contributed by atoms with Crippen LogP contribution in [0.2, 0.25) is 0 Å². The Morgan fingerprint density at radius 3 is 2.45 bits per heavy atom. The first-order valence-corrected chi connectivity index (χ1v) is 11.6. The van der Waals surface area contributed by atoms with Crippen molar-refractivity contribution in [3.8, 4) is 11.1 Å². The van der Waals surface area contributed by atoms with Gasteiger partial charge in [-0.1, -0.05) is 48.9 Å². The number of aromatic nitrogens is 2. The Hall–Kier alpha value is -3.78. The number of amides is 2. The van der Waals surface area contributed by atoms with Crippen LogP contribution in [0.5, 0.6) is 0 Å². The van der Waals surface area contributed by atoms with E-state index < -0.39 is 11.8 Å². The van der Waals surface area contributed by atoms with Crippen molar-refractivity contribution in [2.24, 2.45) is 0 Å². The zero-order valence-corrected chi connectivity index (χ0v) is 19.2. The van der Waals surface area contributed by atoms with Crippen molar-refractivity contribution in [2.45, 2.75) is 33.2 Å². The van der Waals surface area contributed by atoms with E-state index in [0.717, 1.165) is 28.7 Å². The van der Waals surface area contributed by atoms with Crippen LogP contribution in [0.3, 0.4) is 0 Å². The highest BCUT2D eigenvalue weighted by Crippen LogP contribution is 2.30. The minimum Gasteiger partial charge on any atom is -0.298 e. The normalized spacial score (nSPS) is 10.8. The number of thiophene rings is 1. The average Bonchev–Trinajstić information content (AvgIpc) is 3.27. The zero-order valence-electron chi connectivity index (χ0n) is 18.4. The molecule has 0 saturated carbocycles. The molecule has 0 saturated heterocycles. The third kappa shape index (κ3) is 5.01. The van der Waals surface area contributed by atoms with Crippen LogP contribution < -0.4 is 16.4 Å². The second-order valence-corrected chi connectivity index (χ2v) is 8.60. The van der Waals surface area contributed by atoms with E-state index in [1.54, 1.807) is 12.1 Å². The van der Waals surface area contributed by atoms with Crippen LogP contribution in [0, 0.1) is 6.92 Å². The second-order valence-electron chi connectivity index (χ2n) is 7.74. The van der Waals surface area contributed by atoms with Crippen LogP contribution >= 0.6 is 11.3 Å². The van der Waals surface area contributed by atoms with Crippen LogP contribution in [-0.4, -0.2) is 21.4 Å². The molecule has 8 heteroatoms. The summed E-state index contributed by atoms with van der Waals surface area (Å²) in [6, 6.07) is 15.2. The number of nitrogens with one attached hydrogen (secondary N) is 2. The van der Waals surface area contributed by atoms with Gasteiger partial charge in [0.2, 0.25) is 5.91 Å². The number of rotatable bonds is 6. The summed E-state index contributed by atoms with van der Waals surface area (Å²) in [4.78, 5) is 42.6. The molecule has 7 nitrogen and oxygen atoms in total. The molecule has 0 unspecified atom stereocenters. The largest absolute Gasteiger partial charge is 0.298 e. The van der Waals surface area contributed by atoms with Gasteiger partial charge in [-0.25, -0.2) is 4.98 Å². The van der Waals surface area contributed by atoms with Crippen molar-refractivity contribution in [2.75, 3.05) is 0 Å². The number of benzene rings is 2. The van der Waals surface area contributed by atoms with Crippen LogP contribution in [-0.2, 0) is 17.8 Å². The molecular formula is C25H24N4O3S. The summed E-state index contributed by atoms with van der Waals surface area (Å²) in [5.41, 5.74) is 9.14. The molecule has 0 aliphatic heterocycles. The number of nitrogens with zero attached hydrogens (tertiary/aromatic N) is 2. The smallest absolute Gasteiger partial charge is 0.269 e. The van der Waals surface area contributed by atoms with E-state index in [9.17, 15) is 14.4 Å². The lowest BCUT2D eigenvalue weighted by molar-refractivity contribution is -0.122. The van der Waals surface area contributed by atoms with Gasteiger partial charge >= 0.3 is 0 Å². The second kappa shape index (κ2) is 9.79. The number of carbonyl (C=O) groups is 2. The van der Waals surface area contributed by atoms with Crippen LogP contribution in [0.25, 0.3) is 21.3 Å². The highest BCUT2D eigenvalue weighted by molar-refractivity contribution is 7.17. The molecule has 4 aromatic rings. The molecule has 2 heterocycles. The van der Waals surface area contributed by atoms with Gasteiger partial charge in [-0.15, -0.1) is 11.3 Å². The molecular weight excluding hydrogens is 436 g/mol. The molecule has 2 aromatic heterocycles. The van der Waals surface area contributed by atoms with E-state index in [-0.39, 0.29) is 18.5 Å². The van der Waals surface area contributed by atoms with Crippen molar-refractivity contribution in [1.29, 1.82) is 0 Å². The first-order valence-electron chi connectivity index (χ1n) is 10.7. The summed E-state index contributed by atoms with van der Waals surface area (Å²) < 4.78 is 1.43. The fraction of sp³-hybridized carbons (Fsp3) is 0.200. The van der Waals surface area contributed by atoms with Gasteiger partial charge in [0.1, 0.15) is 4.83 Å². The predicted octanol–water partition coefficient (Wildman–Crippen LogP) is 3.85. The molecule has 0 aliphatic carbocycles. The molecule has 0 bridgehead atoms. The van der Waals surface area contributed by atoms with Crippen LogP contribution in [0.4, 0.5) is 0 Å². The van der Waals surface area contributed by atoms with Gasteiger partial charge in [-0.05, 0) is 36.6 Å². The zero-order chi connectivity index (χ0) is 23.4. The van der Waals surface area contributed by atoms with E-state index in [0.29, 0.717) is 15.8 Å². The van der Waals surface area contributed by atoms with Gasteiger partial charge < -0.3 is 0 Å². The SMILES string of the molecule is CCc1ccc(C(=O)NNC(=O)CCn2cnc3scc(-c4ccc(C)cc4)c3c2=O)cc1. The first-order chi connectivity index (χ1) is 16.0. The number of hydrogen-bond donors (Lipinski definition) is 2. The van der Waals surface area contributed by atoms with Gasteiger partial charge in [-0.3, -0.25) is 29.8 Å². The molecule has 0 fully saturated rings. The van der Waals surface area contributed by atoms with Gasteiger partial charge in [0, 0.05) is 29.5 Å². The highest BCUT2D eigenvalue weighted by Gasteiger charge is 2.14. The Kier molecular flexibility index (Phi) is 6.65. The lowest BCUT2D eigenvalue weighted by Gasteiger charge is -2.09. The summed E-state index contributed by atoms with van der Waals surface area (Å²) in [7, 11) is 0. The standard InChI is InChI=1S/C25H24N4O3S/c1-3-17-6-10-19(11-7-17)23(31)28-27-21(30)12-13-29-15-26-24-22(25(29)32)20(14-33-24)18-8-4-16(2)5-9-18/h4-11,14-15H,3,12-13H2,1-2H3,(H,27,30)(H,28,31). The summed E-state index contributed by atoms with van der Waals surface area (Å²) in [5, 5.41) is 2.49. The Labute approximate surface area is 195 Å². The van der Waals surface area contributed by atoms with Crippen LogP contribution in [0.15, 0.2) is 65.0 Å². The molecule has 2 aromatic carbocycles. The number of fused-ring (bicyclic) bond motifs is 1. The number of hydrogen-bond acceptors (Lipinski definition) is 5. The van der Waals surface area contributed by atoms with E-state index in [4.69, 9.17) is 0 Å². The van der Waals surface area contributed by atoms with E-state index in [1.165, 1.54) is 22.2 Å². The number of carbonyl (C=O) groups excluding carboxylic acids is 2. The van der Waals surface area contributed by atoms with E-state index >= 15 is 0 Å². The van der Waals surface area contributed by atoms with Crippen molar-refractivity contribution < 1.29 is 9.59 Å². The lowest BCUT2D eigenvalue weighted by Crippen LogP contribution is -2.42. The monoisotopic (exact) mass is 460 g/mol. The molecule has 0 radical (unpaired) electrons. The molecule has 168 valence electrons. The molecule has 0 spiro atoms. The van der Waals surface area contributed by atoms with Gasteiger partial charge in [0.05, 0.1) is 11.7 Å². The molecule has 2 N–H and O–H groups in total. The molecule has 4 rings (SSSR count). The minimum atomic E-state index is -0.399. The number of hydrazine groups is 1. The predicted molar refractivity (Wildman–Crippen MR) is 130 cm³/mol. The van der Waals surface area contributed by atoms with Crippen LogP contribution in [0.1, 0.15) is 34.8 Å². The summed E-state index contributed by atoms with van der Waals surface area (Å²) in [6.45, 7) is 4.20. The highest BCUT2D eigenvalue weighted by atomic mass is 32.1. The molecule has 0 atom stereocenters. The minimum absolute atomic E-state index is 0.0200. The van der Waals surface area contributed by atoms with Crippen molar-refractivity contribution >= 4 is 33.4 Å². The maximum absolute atomic E-state index is 13.1. The van der Waals surface area contributed by atoms with Gasteiger partial charge in [0.15, 0.2) is 0 Å². The quantitative estimate of drug-likeness (QED) is 0.428. The van der Waals surface area contributed by atoms with E-state index in [1.807, 2.05) is 55.6 Å². The lowest BCUT2D eigenvalue weighted by atomic mass is 10.1. The first kappa shape index (κ1) is 22.4. The Morgan fingerprint density at radius 1 is 1.03 bits per heavy atom. The number of aryl methyl sites for hydroxylation is 3. The molecule has 2 amide bonds. The maximum Gasteiger partial charge on any atom is 0.269 e. The molecule has 0 aliphatic rings.